The number of aryl methyl sites for hydroxylation is 1. The molecule has 5 nitrogen and oxygen atoms in total. The molecule has 2 aromatic carbocycles. The Hall–Kier alpha value is -2.95. The minimum Gasteiger partial charge on any atom is -0.497 e. The molecule has 0 saturated carbocycles. The smallest absolute Gasteiger partial charge is 0.260 e. The van der Waals surface area contributed by atoms with Gasteiger partial charge in [-0.15, -0.1) is 0 Å². The minimum absolute atomic E-state index is 0.00126. The first-order chi connectivity index (χ1) is 12.2. The van der Waals surface area contributed by atoms with E-state index in [-0.39, 0.29) is 5.91 Å². The Morgan fingerprint density at radius 2 is 2.12 bits per heavy atom. The second-order valence-corrected chi connectivity index (χ2v) is 6.48. The van der Waals surface area contributed by atoms with Crippen LogP contribution in [0.25, 0.3) is 11.0 Å². The van der Waals surface area contributed by atoms with Crippen LogP contribution in [0, 0.1) is 6.92 Å². The maximum atomic E-state index is 12.9. The number of hydrogen-bond donors (Lipinski definition) is 0. The van der Waals surface area contributed by atoms with Gasteiger partial charge in [-0.2, -0.15) is 0 Å². The van der Waals surface area contributed by atoms with Crippen molar-refractivity contribution in [3.8, 4) is 11.5 Å². The molecular formula is C20H17NO4. The van der Waals surface area contributed by atoms with Crippen LogP contribution in [0.1, 0.15) is 33.5 Å². The quantitative estimate of drug-likeness (QED) is 0.678. The van der Waals surface area contributed by atoms with Gasteiger partial charge >= 0.3 is 0 Å². The van der Waals surface area contributed by atoms with Gasteiger partial charge in [0.2, 0.25) is 6.23 Å². The van der Waals surface area contributed by atoms with Crippen molar-refractivity contribution in [1.82, 2.24) is 4.90 Å². The molecule has 1 atom stereocenters. The number of rotatable bonds is 1. The molecule has 5 rings (SSSR count). The number of methoxy groups -OCH3 is 1. The van der Waals surface area contributed by atoms with E-state index in [1.165, 1.54) is 0 Å². The number of amides is 1. The number of furan rings is 1. The van der Waals surface area contributed by atoms with Crippen LogP contribution >= 0.6 is 0 Å². The Bertz CT molecular complexity index is 1020. The molecule has 0 saturated heterocycles. The van der Waals surface area contributed by atoms with E-state index in [4.69, 9.17) is 13.9 Å². The number of carbonyl (C=O) groups excluding carboxylic acids is 1. The van der Waals surface area contributed by atoms with Crippen LogP contribution in [-0.2, 0) is 6.42 Å². The van der Waals surface area contributed by atoms with E-state index < -0.39 is 6.23 Å². The summed E-state index contributed by atoms with van der Waals surface area (Å²) in [5.74, 6) is 2.16. The molecule has 25 heavy (non-hydrogen) atoms. The van der Waals surface area contributed by atoms with Gasteiger partial charge in [-0.25, -0.2) is 0 Å². The van der Waals surface area contributed by atoms with Crippen molar-refractivity contribution in [3.05, 3.63) is 58.8 Å². The van der Waals surface area contributed by atoms with E-state index >= 15 is 0 Å². The summed E-state index contributed by atoms with van der Waals surface area (Å²) >= 11 is 0. The topological polar surface area (TPSA) is 51.9 Å². The molecule has 0 bridgehead atoms. The maximum Gasteiger partial charge on any atom is 0.260 e. The molecule has 0 radical (unpaired) electrons. The molecule has 1 unspecified atom stereocenters. The lowest BCUT2D eigenvalue weighted by atomic mass is 9.99. The summed E-state index contributed by atoms with van der Waals surface area (Å²) in [7, 11) is 1.65. The van der Waals surface area contributed by atoms with Gasteiger partial charge in [0.15, 0.2) is 5.76 Å². The number of carbonyl (C=O) groups is 1. The van der Waals surface area contributed by atoms with Crippen molar-refractivity contribution < 1.29 is 18.7 Å². The Morgan fingerprint density at radius 3 is 2.96 bits per heavy atom. The van der Waals surface area contributed by atoms with Gasteiger partial charge in [0, 0.05) is 17.5 Å². The summed E-state index contributed by atoms with van der Waals surface area (Å²) in [5.41, 5.74) is 3.46. The second-order valence-electron chi connectivity index (χ2n) is 6.48. The summed E-state index contributed by atoms with van der Waals surface area (Å²) in [6.45, 7) is 2.56. The van der Waals surface area contributed by atoms with Crippen LogP contribution < -0.4 is 9.47 Å². The highest BCUT2D eigenvalue weighted by molar-refractivity contribution is 5.99. The molecule has 0 N–H and O–H groups in total. The standard InChI is InChI=1S/C20H17NO4/c1-11-4-3-5-14-17(11)25-20-18-13(8-9-21(20)19(14)22)15-10-12(23-2)6-7-16(15)24-18/h3-7,10,20H,8-9H2,1-2H3. The van der Waals surface area contributed by atoms with E-state index in [1.807, 2.05) is 43.3 Å². The summed E-state index contributed by atoms with van der Waals surface area (Å²) in [4.78, 5) is 14.7. The first kappa shape index (κ1) is 14.4. The maximum absolute atomic E-state index is 12.9. The molecule has 3 heterocycles. The fourth-order valence-electron chi connectivity index (χ4n) is 3.79. The summed E-state index contributed by atoms with van der Waals surface area (Å²) in [6, 6.07) is 11.4. The van der Waals surface area contributed by atoms with Crippen LogP contribution in [-0.4, -0.2) is 24.5 Å². The zero-order valence-electron chi connectivity index (χ0n) is 14.0. The normalized spacial score (nSPS) is 18.4. The van der Waals surface area contributed by atoms with Crippen LogP contribution in [0.4, 0.5) is 0 Å². The fraction of sp³-hybridized carbons (Fsp3) is 0.250. The zero-order valence-corrected chi connectivity index (χ0v) is 14.0. The van der Waals surface area contributed by atoms with Crippen LogP contribution in [0.15, 0.2) is 40.8 Å². The molecule has 126 valence electrons. The van der Waals surface area contributed by atoms with Crippen LogP contribution in [0.2, 0.25) is 0 Å². The molecule has 0 aliphatic carbocycles. The minimum atomic E-state index is -0.511. The van der Waals surface area contributed by atoms with Crippen LogP contribution in [0.3, 0.4) is 0 Å². The number of benzene rings is 2. The Balaban J connectivity index is 1.68. The number of hydrogen-bond acceptors (Lipinski definition) is 4. The Morgan fingerprint density at radius 1 is 1.24 bits per heavy atom. The van der Waals surface area contributed by atoms with Gasteiger partial charge in [-0.05, 0) is 43.2 Å². The van der Waals surface area contributed by atoms with E-state index in [0.29, 0.717) is 17.9 Å². The van der Waals surface area contributed by atoms with Gasteiger partial charge in [-0.3, -0.25) is 9.69 Å². The molecule has 1 aromatic heterocycles. The number of nitrogens with zero attached hydrogens (tertiary/aromatic N) is 1. The average Bonchev–Trinajstić information content (AvgIpc) is 3.01. The predicted octanol–water partition coefficient (Wildman–Crippen LogP) is 3.84. The zero-order chi connectivity index (χ0) is 17.1. The van der Waals surface area contributed by atoms with E-state index in [1.54, 1.807) is 12.0 Å². The summed E-state index contributed by atoms with van der Waals surface area (Å²) < 4.78 is 17.6. The van der Waals surface area contributed by atoms with Crippen molar-refractivity contribution in [2.45, 2.75) is 19.6 Å². The van der Waals surface area contributed by atoms with Crippen molar-refractivity contribution in [2.75, 3.05) is 13.7 Å². The highest BCUT2D eigenvalue weighted by Crippen LogP contribution is 2.44. The van der Waals surface area contributed by atoms with Gasteiger partial charge in [0.1, 0.15) is 17.1 Å². The van der Waals surface area contributed by atoms with Gasteiger partial charge in [0.25, 0.3) is 5.91 Å². The first-order valence-electron chi connectivity index (χ1n) is 8.34. The SMILES string of the molecule is COc1ccc2oc3c(c2c1)CCN1C(=O)c2cccc(C)c2OC31. The molecule has 0 fully saturated rings. The molecule has 0 spiro atoms. The molecule has 3 aromatic rings. The predicted molar refractivity (Wildman–Crippen MR) is 92.1 cm³/mol. The second kappa shape index (κ2) is 5.02. The monoisotopic (exact) mass is 335 g/mol. The lowest BCUT2D eigenvalue weighted by Gasteiger charge is -2.39. The van der Waals surface area contributed by atoms with E-state index in [9.17, 15) is 4.79 Å². The molecule has 5 heteroatoms. The molecular weight excluding hydrogens is 318 g/mol. The molecule has 2 aliphatic rings. The van der Waals surface area contributed by atoms with Gasteiger partial charge in [0.05, 0.1) is 12.7 Å². The van der Waals surface area contributed by atoms with E-state index in [0.717, 1.165) is 40.0 Å². The van der Waals surface area contributed by atoms with Crippen LogP contribution in [0.5, 0.6) is 11.5 Å². The van der Waals surface area contributed by atoms with E-state index in [2.05, 4.69) is 0 Å². The summed E-state index contributed by atoms with van der Waals surface area (Å²) in [5, 5.41) is 1.03. The van der Waals surface area contributed by atoms with Crippen molar-refractivity contribution >= 4 is 16.9 Å². The third kappa shape index (κ3) is 1.92. The largest absolute Gasteiger partial charge is 0.497 e. The lowest BCUT2D eigenvalue weighted by Crippen LogP contribution is -2.45. The number of para-hydroxylation sites is 1. The first-order valence-corrected chi connectivity index (χ1v) is 8.34. The molecule has 1 amide bonds. The van der Waals surface area contributed by atoms with Crippen molar-refractivity contribution in [3.63, 3.8) is 0 Å². The summed E-state index contributed by atoms with van der Waals surface area (Å²) in [6.07, 6.45) is 0.227. The van der Waals surface area contributed by atoms with Gasteiger partial charge < -0.3 is 13.9 Å². The van der Waals surface area contributed by atoms with Gasteiger partial charge in [-0.1, -0.05) is 12.1 Å². The number of ether oxygens (including phenoxy) is 2. The average molecular weight is 335 g/mol. The highest BCUT2D eigenvalue weighted by Gasteiger charge is 2.41. The fourth-order valence-corrected chi connectivity index (χ4v) is 3.79. The lowest BCUT2D eigenvalue weighted by molar-refractivity contribution is -0.00708. The third-order valence-corrected chi connectivity index (χ3v) is 5.07. The third-order valence-electron chi connectivity index (χ3n) is 5.07. The number of fused-ring (bicyclic) bond motifs is 6. The van der Waals surface area contributed by atoms with Crippen molar-refractivity contribution in [2.24, 2.45) is 0 Å². The Labute approximate surface area is 144 Å². The van der Waals surface area contributed by atoms with Crippen molar-refractivity contribution in [1.29, 1.82) is 0 Å². The molecule has 2 aliphatic heterocycles. The Kier molecular flexibility index (Phi) is 2.89. The highest BCUT2D eigenvalue weighted by atomic mass is 16.5.